The molecule has 1 aromatic carbocycles. The van der Waals surface area contributed by atoms with E-state index < -0.39 is 6.10 Å². The second kappa shape index (κ2) is 8.84. The third-order valence-corrected chi connectivity index (χ3v) is 3.11. The van der Waals surface area contributed by atoms with Crippen molar-refractivity contribution in [2.24, 2.45) is 0 Å². The van der Waals surface area contributed by atoms with Crippen LogP contribution in [-0.4, -0.2) is 55.7 Å². The maximum Gasteiger partial charge on any atom is 0.176 e. The lowest BCUT2D eigenvalue weighted by atomic mass is 10.1. The van der Waals surface area contributed by atoms with Crippen molar-refractivity contribution < 1.29 is 14.6 Å². The van der Waals surface area contributed by atoms with Gasteiger partial charge in [-0.25, -0.2) is 0 Å². The number of benzene rings is 1. The van der Waals surface area contributed by atoms with Gasteiger partial charge in [-0.15, -0.1) is 0 Å². The van der Waals surface area contributed by atoms with E-state index in [0.717, 1.165) is 18.4 Å². The lowest BCUT2D eigenvalue weighted by Gasteiger charge is -2.19. The zero-order valence-electron chi connectivity index (χ0n) is 12.6. The number of carbonyl (C=O) groups is 1. The summed E-state index contributed by atoms with van der Waals surface area (Å²) < 4.78 is 4.87. The molecule has 0 aromatic heterocycles. The van der Waals surface area contributed by atoms with Crippen LogP contribution in [0.1, 0.15) is 29.3 Å². The fourth-order valence-corrected chi connectivity index (χ4v) is 2.15. The lowest BCUT2D eigenvalue weighted by molar-refractivity contribution is 0.0427. The highest BCUT2D eigenvalue weighted by Gasteiger charge is 2.12. The molecule has 0 spiro atoms. The van der Waals surface area contributed by atoms with E-state index in [1.165, 1.54) is 5.56 Å². The van der Waals surface area contributed by atoms with Crippen molar-refractivity contribution in [2.75, 3.05) is 33.9 Å². The third kappa shape index (κ3) is 5.82. The molecule has 1 rings (SSSR count). The number of nitrogens with zero attached hydrogens (tertiary/aromatic N) is 1. The molecule has 4 nitrogen and oxygen atoms in total. The number of likely N-dealkylation sites (N-methyl/N-ethyl adjacent to an activating group) is 1. The van der Waals surface area contributed by atoms with Gasteiger partial charge < -0.3 is 9.84 Å². The van der Waals surface area contributed by atoms with Crippen LogP contribution < -0.4 is 0 Å². The van der Waals surface area contributed by atoms with Gasteiger partial charge in [0.05, 0.1) is 19.3 Å². The molecule has 0 amide bonds. The minimum Gasteiger partial charge on any atom is -0.389 e. The molecule has 0 fully saturated rings. The van der Waals surface area contributed by atoms with E-state index in [9.17, 15) is 9.90 Å². The normalized spacial score (nSPS) is 12.7. The lowest BCUT2D eigenvalue weighted by Crippen LogP contribution is -2.35. The first-order valence-corrected chi connectivity index (χ1v) is 7.04. The minimum absolute atomic E-state index is 0.0696. The summed E-state index contributed by atoms with van der Waals surface area (Å²) in [6, 6.07) is 7.78. The first-order chi connectivity index (χ1) is 9.56. The number of hydrogen-bond donors (Lipinski definition) is 1. The van der Waals surface area contributed by atoms with E-state index in [1.807, 2.05) is 36.2 Å². The highest BCUT2D eigenvalue weighted by molar-refractivity contribution is 5.97. The molecule has 0 saturated carbocycles. The molecule has 1 unspecified atom stereocenters. The topological polar surface area (TPSA) is 49.8 Å². The Kier molecular flexibility index (Phi) is 7.44. The summed E-state index contributed by atoms with van der Waals surface area (Å²) in [5.41, 5.74) is 1.98. The number of ether oxygens (including phenoxy) is 1. The number of hydrogen-bond acceptors (Lipinski definition) is 4. The maximum absolute atomic E-state index is 12.1. The van der Waals surface area contributed by atoms with Crippen molar-refractivity contribution in [1.82, 2.24) is 4.90 Å². The Morgan fingerprint density at radius 3 is 2.55 bits per heavy atom. The van der Waals surface area contributed by atoms with E-state index in [0.29, 0.717) is 13.1 Å². The van der Waals surface area contributed by atoms with Crippen LogP contribution in [0.25, 0.3) is 0 Å². The molecule has 0 aliphatic rings. The summed E-state index contributed by atoms with van der Waals surface area (Å²) in [7, 11) is 3.37. The summed E-state index contributed by atoms with van der Waals surface area (Å²) in [4.78, 5) is 13.9. The average molecular weight is 279 g/mol. The molecule has 20 heavy (non-hydrogen) atoms. The molecule has 1 atom stereocenters. The Balaban J connectivity index is 2.49. The van der Waals surface area contributed by atoms with Crippen molar-refractivity contribution in [2.45, 2.75) is 25.9 Å². The van der Waals surface area contributed by atoms with Gasteiger partial charge in [0, 0.05) is 19.2 Å². The van der Waals surface area contributed by atoms with Crippen LogP contribution in [0.4, 0.5) is 0 Å². The van der Waals surface area contributed by atoms with E-state index in [-0.39, 0.29) is 12.4 Å². The van der Waals surface area contributed by atoms with Crippen LogP contribution in [-0.2, 0) is 11.2 Å². The molecule has 0 radical (unpaired) electrons. The Hall–Kier alpha value is -1.23. The zero-order chi connectivity index (χ0) is 15.0. The van der Waals surface area contributed by atoms with Crippen LogP contribution in [0.2, 0.25) is 0 Å². The Morgan fingerprint density at radius 2 is 2.00 bits per heavy atom. The molecule has 0 aliphatic carbocycles. The fourth-order valence-electron chi connectivity index (χ4n) is 2.15. The third-order valence-electron chi connectivity index (χ3n) is 3.11. The maximum atomic E-state index is 12.1. The summed E-state index contributed by atoms with van der Waals surface area (Å²) in [5, 5.41) is 9.62. The summed E-state index contributed by atoms with van der Waals surface area (Å²) in [6.07, 6.45) is 1.58. The highest BCUT2D eigenvalue weighted by Crippen LogP contribution is 2.08. The van der Waals surface area contributed by atoms with Gasteiger partial charge in [-0.2, -0.15) is 0 Å². The molecular weight excluding hydrogens is 254 g/mol. The van der Waals surface area contributed by atoms with Gasteiger partial charge in [0.2, 0.25) is 0 Å². The Bertz CT molecular complexity index is 403. The monoisotopic (exact) mass is 279 g/mol. The summed E-state index contributed by atoms with van der Waals surface area (Å²) >= 11 is 0. The predicted octanol–water partition coefficient (Wildman–Crippen LogP) is 1.76. The van der Waals surface area contributed by atoms with E-state index in [2.05, 4.69) is 6.92 Å². The van der Waals surface area contributed by atoms with Gasteiger partial charge in [-0.1, -0.05) is 37.6 Å². The first kappa shape index (κ1) is 16.8. The predicted molar refractivity (Wildman–Crippen MR) is 80.1 cm³/mol. The highest BCUT2D eigenvalue weighted by atomic mass is 16.5. The molecule has 0 saturated heterocycles. The molecule has 1 N–H and O–H groups in total. The second-order valence-electron chi connectivity index (χ2n) is 5.18. The van der Waals surface area contributed by atoms with Gasteiger partial charge >= 0.3 is 0 Å². The molecule has 0 bridgehead atoms. The Labute approximate surface area is 121 Å². The quantitative estimate of drug-likeness (QED) is 0.700. The van der Waals surface area contributed by atoms with Crippen LogP contribution in [0, 0.1) is 0 Å². The van der Waals surface area contributed by atoms with Crippen LogP contribution >= 0.6 is 0 Å². The molecule has 0 heterocycles. The first-order valence-electron chi connectivity index (χ1n) is 7.04. The van der Waals surface area contributed by atoms with Crippen LogP contribution in [0.5, 0.6) is 0 Å². The summed E-state index contributed by atoms with van der Waals surface area (Å²) in [5.74, 6) is 0.0696. The molecular formula is C16H25NO3. The van der Waals surface area contributed by atoms with Gasteiger partial charge in [-0.05, 0) is 19.0 Å². The number of methoxy groups -OCH3 is 1. The SMILES string of the molecule is CCCc1ccc(C(=O)CN(C)CC(O)COC)cc1. The molecule has 1 aromatic rings. The number of Topliss-reactive ketones (excluding diaryl/α,β-unsaturated/α-hetero) is 1. The van der Waals surface area contributed by atoms with E-state index in [4.69, 9.17) is 4.74 Å². The van der Waals surface area contributed by atoms with Gasteiger partial charge in [0.25, 0.3) is 0 Å². The van der Waals surface area contributed by atoms with Gasteiger partial charge in [-0.3, -0.25) is 9.69 Å². The number of ketones is 1. The van der Waals surface area contributed by atoms with Crippen LogP contribution in [0.3, 0.4) is 0 Å². The van der Waals surface area contributed by atoms with Crippen LogP contribution in [0.15, 0.2) is 24.3 Å². The number of carbonyl (C=O) groups excluding carboxylic acids is 1. The minimum atomic E-state index is -0.565. The number of rotatable bonds is 9. The summed E-state index contributed by atoms with van der Waals surface area (Å²) in [6.45, 7) is 3.14. The van der Waals surface area contributed by atoms with Gasteiger partial charge in [0.15, 0.2) is 5.78 Å². The molecule has 4 heteroatoms. The van der Waals surface area contributed by atoms with E-state index >= 15 is 0 Å². The molecule has 0 aliphatic heterocycles. The van der Waals surface area contributed by atoms with Crippen molar-refractivity contribution in [3.63, 3.8) is 0 Å². The van der Waals surface area contributed by atoms with Crippen molar-refractivity contribution in [3.05, 3.63) is 35.4 Å². The largest absolute Gasteiger partial charge is 0.389 e. The van der Waals surface area contributed by atoms with Crippen molar-refractivity contribution >= 4 is 5.78 Å². The number of aryl methyl sites for hydroxylation is 1. The fraction of sp³-hybridized carbons (Fsp3) is 0.562. The van der Waals surface area contributed by atoms with Crippen molar-refractivity contribution in [3.8, 4) is 0 Å². The average Bonchev–Trinajstić information content (AvgIpc) is 2.39. The van der Waals surface area contributed by atoms with E-state index in [1.54, 1.807) is 7.11 Å². The smallest absolute Gasteiger partial charge is 0.176 e. The van der Waals surface area contributed by atoms with Gasteiger partial charge in [0.1, 0.15) is 0 Å². The standard InChI is InChI=1S/C16H25NO3/c1-4-5-13-6-8-14(9-7-13)16(19)11-17(2)10-15(18)12-20-3/h6-9,15,18H,4-5,10-12H2,1-3H3. The Morgan fingerprint density at radius 1 is 1.35 bits per heavy atom. The second-order valence-corrected chi connectivity index (χ2v) is 5.18. The zero-order valence-corrected chi connectivity index (χ0v) is 12.6. The van der Waals surface area contributed by atoms with Crippen molar-refractivity contribution in [1.29, 1.82) is 0 Å². The number of aliphatic hydroxyl groups is 1. The molecule has 112 valence electrons. The number of aliphatic hydroxyl groups excluding tert-OH is 1.